The van der Waals surface area contributed by atoms with Gasteiger partial charge in [0.15, 0.2) is 0 Å². The molecular formula is C44H67N9O7. The lowest BCUT2D eigenvalue weighted by Gasteiger charge is -2.57. The van der Waals surface area contributed by atoms with Gasteiger partial charge in [-0.25, -0.2) is 0 Å². The molecular weight excluding hydrogens is 767 g/mol. The lowest BCUT2D eigenvalue weighted by molar-refractivity contribution is -0.158. The summed E-state index contributed by atoms with van der Waals surface area (Å²) < 4.78 is 0. The zero-order valence-electron chi connectivity index (χ0n) is 35.4. The highest BCUT2D eigenvalue weighted by Crippen LogP contribution is 2.33. The number of benzene rings is 2. The number of nitrogens with zero attached hydrogens (tertiary/aromatic N) is 2. The Morgan fingerprint density at radius 3 is 1.87 bits per heavy atom. The average Bonchev–Trinajstić information content (AvgIpc) is 3.21. The van der Waals surface area contributed by atoms with E-state index >= 15 is 0 Å². The van der Waals surface area contributed by atoms with E-state index in [1.165, 1.54) is 0 Å². The van der Waals surface area contributed by atoms with Gasteiger partial charge in [0.05, 0.1) is 12.6 Å². The molecule has 330 valence electrons. The van der Waals surface area contributed by atoms with E-state index in [4.69, 9.17) is 22.3 Å². The van der Waals surface area contributed by atoms with Gasteiger partial charge in [0.25, 0.3) is 0 Å². The second kappa shape index (κ2) is 23.8. The maximum Gasteiger partial charge on any atom is 0.320 e. The van der Waals surface area contributed by atoms with Crippen LogP contribution >= 0.6 is 0 Å². The first kappa shape index (κ1) is 47.8. The molecule has 0 aliphatic carbocycles. The molecule has 4 rings (SSSR count). The maximum absolute atomic E-state index is 14.2. The van der Waals surface area contributed by atoms with Crippen molar-refractivity contribution in [1.29, 1.82) is 0 Å². The van der Waals surface area contributed by atoms with Gasteiger partial charge in [-0.2, -0.15) is 0 Å². The molecule has 0 radical (unpaired) electrons. The molecule has 2 fully saturated rings. The number of carboxylic acid groups (broad SMARTS) is 1. The lowest BCUT2D eigenvalue weighted by atomic mass is 9.86. The first-order valence-corrected chi connectivity index (χ1v) is 21.4. The second-order valence-electron chi connectivity index (χ2n) is 17.0. The number of carbonyl (C=O) groups excluding carboxylic acids is 5. The Bertz CT molecular complexity index is 1700. The number of hydrogen-bond acceptors (Lipinski definition) is 10. The molecule has 5 amide bonds. The summed E-state index contributed by atoms with van der Waals surface area (Å²) in [6.45, 7) is 7.85. The average molecular weight is 834 g/mol. The number of nitrogens with two attached hydrogens (primary N) is 3. The number of fused-ring (bicyclic) bond motifs is 2. The first-order chi connectivity index (χ1) is 28.6. The highest BCUT2D eigenvalue weighted by atomic mass is 16.4. The van der Waals surface area contributed by atoms with Crippen LogP contribution in [-0.4, -0.2) is 125 Å². The number of rotatable bonds is 25. The minimum absolute atomic E-state index is 0.00488. The zero-order chi connectivity index (χ0) is 43.8. The van der Waals surface area contributed by atoms with Crippen molar-refractivity contribution >= 4 is 35.5 Å². The molecule has 2 saturated heterocycles. The standard InChI is InChI=1S/C44H67N9O7/c1-28(2)20-37(51-42(57)38(22-31-14-8-5-9-15-31)50-40(55)35(47)21-30-12-6-4-7-13-30)41(56)49-36(16-10-11-19-45)43(58)53-32-23-33(53)26-52(25-32)27-39(54)48-24-29(3)17-18-34(46)44(59)60/h4-9,12-15,28-29,32-38H,10-11,16-27,45-47H2,1-3H3,(H,48,54)(H,49,56)(H,50,55)(H,51,57)(H,59,60). The Hall–Kier alpha value is -4.90. The number of nitrogens with one attached hydrogen (secondary N) is 4. The van der Waals surface area contributed by atoms with E-state index in [0.29, 0.717) is 64.7 Å². The van der Waals surface area contributed by atoms with Gasteiger partial charge in [-0.3, -0.25) is 33.7 Å². The highest BCUT2D eigenvalue weighted by molar-refractivity contribution is 5.95. The highest BCUT2D eigenvalue weighted by Gasteiger charge is 2.49. The fourth-order valence-electron chi connectivity index (χ4n) is 7.90. The van der Waals surface area contributed by atoms with Gasteiger partial charge >= 0.3 is 5.97 Å². The predicted molar refractivity (Wildman–Crippen MR) is 229 cm³/mol. The van der Waals surface area contributed by atoms with E-state index in [1.54, 1.807) is 0 Å². The molecule has 11 N–H and O–H groups in total. The largest absolute Gasteiger partial charge is 0.480 e. The number of piperidine rings is 1. The van der Waals surface area contributed by atoms with E-state index in [-0.39, 0.29) is 55.1 Å². The number of aliphatic carboxylic acids is 1. The van der Waals surface area contributed by atoms with Crippen molar-refractivity contribution in [3.05, 3.63) is 71.8 Å². The van der Waals surface area contributed by atoms with Crippen LogP contribution in [0.3, 0.4) is 0 Å². The van der Waals surface area contributed by atoms with Gasteiger partial charge in [-0.15, -0.1) is 0 Å². The van der Waals surface area contributed by atoms with E-state index in [0.717, 1.165) is 17.5 Å². The lowest BCUT2D eigenvalue weighted by Crippen LogP contribution is -2.73. The number of amides is 5. The minimum atomic E-state index is -1.04. The fraction of sp³-hybridized carbons (Fsp3) is 0.591. The minimum Gasteiger partial charge on any atom is -0.480 e. The summed E-state index contributed by atoms with van der Waals surface area (Å²) in [6, 6.07) is 13.7. The smallest absolute Gasteiger partial charge is 0.320 e. The van der Waals surface area contributed by atoms with Gasteiger partial charge < -0.3 is 48.5 Å². The summed E-state index contributed by atoms with van der Waals surface area (Å²) >= 11 is 0. The molecule has 2 aliphatic rings. The summed E-state index contributed by atoms with van der Waals surface area (Å²) in [4.78, 5) is 83.4. The quantitative estimate of drug-likeness (QED) is 0.0645. The molecule has 2 aromatic rings. The van der Waals surface area contributed by atoms with Gasteiger partial charge in [0.2, 0.25) is 29.5 Å². The zero-order valence-corrected chi connectivity index (χ0v) is 35.4. The predicted octanol–water partition coefficient (Wildman–Crippen LogP) is 0.658. The molecule has 8 unspecified atom stereocenters. The number of unbranched alkanes of at least 4 members (excludes halogenated alkanes) is 1. The van der Waals surface area contributed by atoms with Crippen LogP contribution in [0.25, 0.3) is 0 Å². The van der Waals surface area contributed by atoms with Crippen molar-refractivity contribution in [2.75, 3.05) is 32.7 Å². The molecule has 60 heavy (non-hydrogen) atoms. The van der Waals surface area contributed by atoms with Gasteiger partial charge in [0.1, 0.15) is 24.2 Å². The third kappa shape index (κ3) is 15.0. The summed E-state index contributed by atoms with van der Waals surface area (Å²) in [5, 5.41) is 20.7. The van der Waals surface area contributed by atoms with E-state index in [1.807, 2.05) is 91.2 Å². The van der Waals surface area contributed by atoms with Crippen molar-refractivity contribution in [1.82, 2.24) is 31.1 Å². The van der Waals surface area contributed by atoms with Crippen LogP contribution in [0.15, 0.2) is 60.7 Å². The number of likely N-dealkylation sites (tertiary alicyclic amines) is 2. The number of carboxylic acids is 1. The van der Waals surface area contributed by atoms with Crippen LogP contribution in [-0.2, 0) is 41.6 Å². The molecule has 16 nitrogen and oxygen atoms in total. The summed E-state index contributed by atoms with van der Waals surface area (Å²) in [6.07, 6.45) is 4.09. The Kier molecular flexibility index (Phi) is 18.9. The molecule has 2 heterocycles. The van der Waals surface area contributed by atoms with Crippen molar-refractivity contribution in [3.63, 3.8) is 0 Å². The van der Waals surface area contributed by atoms with Crippen molar-refractivity contribution in [2.24, 2.45) is 29.0 Å². The Morgan fingerprint density at radius 2 is 1.28 bits per heavy atom. The van der Waals surface area contributed by atoms with Gasteiger partial charge in [-0.05, 0) is 80.9 Å². The van der Waals surface area contributed by atoms with E-state index in [2.05, 4.69) is 21.3 Å². The van der Waals surface area contributed by atoms with Crippen molar-refractivity contribution in [3.8, 4) is 0 Å². The van der Waals surface area contributed by atoms with Crippen LogP contribution in [0.4, 0.5) is 0 Å². The van der Waals surface area contributed by atoms with E-state index in [9.17, 15) is 28.8 Å². The third-order valence-corrected chi connectivity index (χ3v) is 11.3. The third-order valence-electron chi connectivity index (χ3n) is 11.3. The topological polar surface area (TPSA) is 255 Å². The molecule has 2 aromatic carbocycles. The van der Waals surface area contributed by atoms with Crippen molar-refractivity contribution < 1.29 is 33.9 Å². The molecule has 0 saturated carbocycles. The monoisotopic (exact) mass is 834 g/mol. The van der Waals surface area contributed by atoms with Crippen LogP contribution in [0, 0.1) is 11.8 Å². The first-order valence-electron chi connectivity index (χ1n) is 21.4. The molecule has 16 heteroatoms. The number of carbonyl (C=O) groups is 6. The Balaban J connectivity index is 1.39. The Labute approximate surface area is 354 Å². The Morgan fingerprint density at radius 1 is 0.717 bits per heavy atom. The summed E-state index contributed by atoms with van der Waals surface area (Å²) in [5.74, 6) is -2.84. The van der Waals surface area contributed by atoms with Gasteiger partial charge in [0, 0.05) is 38.1 Å². The number of hydrogen-bond donors (Lipinski definition) is 8. The van der Waals surface area contributed by atoms with Crippen LogP contribution in [0.5, 0.6) is 0 Å². The van der Waals surface area contributed by atoms with Crippen LogP contribution in [0.1, 0.15) is 76.8 Å². The number of piperazine rings is 1. The van der Waals surface area contributed by atoms with Crippen LogP contribution in [0.2, 0.25) is 0 Å². The molecule has 0 spiro atoms. The normalized spacial score (nSPS) is 19.1. The van der Waals surface area contributed by atoms with Gasteiger partial charge in [-0.1, -0.05) is 81.4 Å². The molecule has 0 aromatic heterocycles. The van der Waals surface area contributed by atoms with Crippen LogP contribution < -0.4 is 38.5 Å². The molecule has 2 aliphatic heterocycles. The second-order valence-corrected chi connectivity index (χ2v) is 17.0. The fourth-order valence-corrected chi connectivity index (χ4v) is 7.90. The summed E-state index contributed by atoms with van der Waals surface area (Å²) in [5.41, 5.74) is 19.4. The molecule has 8 atom stereocenters. The van der Waals surface area contributed by atoms with Crippen molar-refractivity contribution in [2.45, 2.75) is 121 Å². The molecule has 2 bridgehead atoms. The maximum atomic E-state index is 14.2. The van der Waals surface area contributed by atoms with E-state index < -0.39 is 53.9 Å². The summed E-state index contributed by atoms with van der Waals surface area (Å²) in [7, 11) is 0. The SMILES string of the molecule is CC(C)CC(NC(=O)C(Cc1ccccc1)NC(=O)C(N)Cc1ccccc1)C(=O)NC(CCCCN)C(=O)N1C2CC1CN(CC(=O)NCC(C)CCC(N)C(=O)O)C2.